The van der Waals surface area contributed by atoms with Gasteiger partial charge in [0.1, 0.15) is 23.9 Å². The Morgan fingerprint density at radius 3 is 2.40 bits per heavy atom. The summed E-state index contributed by atoms with van der Waals surface area (Å²) in [7, 11) is 1.62. The summed E-state index contributed by atoms with van der Waals surface area (Å²) in [4.78, 5) is 12.1. The molecule has 1 amide bonds. The molecule has 2 rings (SSSR count). The largest absolute Gasteiger partial charge is 0.497 e. The molecule has 134 valence electrons. The van der Waals surface area contributed by atoms with Crippen LogP contribution in [0.1, 0.15) is 18.1 Å². The molecule has 0 aliphatic rings. The van der Waals surface area contributed by atoms with E-state index in [9.17, 15) is 4.79 Å². The van der Waals surface area contributed by atoms with E-state index in [4.69, 9.17) is 14.2 Å². The fourth-order valence-electron chi connectivity index (χ4n) is 2.33. The van der Waals surface area contributed by atoms with Crippen LogP contribution in [0.4, 0.5) is 0 Å². The van der Waals surface area contributed by atoms with Crippen molar-refractivity contribution in [2.24, 2.45) is 0 Å². The lowest BCUT2D eigenvalue weighted by Gasteiger charge is -2.16. The number of amides is 1. The van der Waals surface area contributed by atoms with Crippen LogP contribution in [0.2, 0.25) is 0 Å². The van der Waals surface area contributed by atoms with Gasteiger partial charge in [-0.2, -0.15) is 0 Å². The summed E-state index contributed by atoms with van der Waals surface area (Å²) in [5, 5.41) is 2.81. The monoisotopic (exact) mass is 343 g/mol. The molecular formula is C20H25NO4. The third-order valence-electron chi connectivity index (χ3n) is 3.73. The average Bonchev–Trinajstić information content (AvgIpc) is 2.61. The topological polar surface area (TPSA) is 56.8 Å². The third kappa shape index (κ3) is 5.71. The lowest BCUT2D eigenvalue weighted by atomic mass is 10.1. The zero-order chi connectivity index (χ0) is 18.2. The van der Waals surface area contributed by atoms with Gasteiger partial charge in [0.15, 0.2) is 6.10 Å². The lowest BCUT2D eigenvalue weighted by molar-refractivity contribution is -0.127. The SMILES string of the molecule is COc1ccc(OCCNC(=O)[C@@H](C)Oc2ccc(C)cc2C)cc1. The quantitative estimate of drug-likeness (QED) is 0.748. The number of methoxy groups -OCH3 is 1. The van der Waals surface area contributed by atoms with E-state index in [1.807, 2.05) is 56.3 Å². The van der Waals surface area contributed by atoms with Crippen LogP contribution in [0, 0.1) is 13.8 Å². The number of carbonyl (C=O) groups excluding carboxylic acids is 1. The highest BCUT2D eigenvalue weighted by Gasteiger charge is 2.15. The van der Waals surface area contributed by atoms with Gasteiger partial charge in [0.2, 0.25) is 0 Å². The number of hydrogen-bond donors (Lipinski definition) is 1. The first-order chi connectivity index (χ1) is 12.0. The highest BCUT2D eigenvalue weighted by Crippen LogP contribution is 2.20. The van der Waals surface area contributed by atoms with Crippen molar-refractivity contribution in [2.75, 3.05) is 20.3 Å². The molecule has 0 saturated carbocycles. The summed E-state index contributed by atoms with van der Waals surface area (Å²) in [5.41, 5.74) is 2.18. The molecule has 25 heavy (non-hydrogen) atoms. The first kappa shape index (κ1) is 18.6. The molecule has 0 aliphatic carbocycles. The molecule has 0 aliphatic heterocycles. The molecule has 5 heteroatoms. The van der Waals surface area contributed by atoms with E-state index in [-0.39, 0.29) is 5.91 Å². The third-order valence-corrected chi connectivity index (χ3v) is 3.73. The fraction of sp³-hybridized carbons (Fsp3) is 0.350. The maximum atomic E-state index is 12.1. The average molecular weight is 343 g/mol. The first-order valence-electron chi connectivity index (χ1n) is 8.28. The maximum absolute atomic E-state index is 12.1. The van der Waals surface area contributed by atoms with Crippen molar-refractivity contribution in [3.63, 3.8) is 0 Å². The van der Waals surface area contributed by atoms with Crippen LogP contribution in [0.25, 0.3) is 0 Å². The van der Waals surface area contributed by atoms with Gasteiger partial charge in [-0.05, 0) is 56.7 Å². The van der Waals surface area contributed by atoms with E-state index in [0.717, 1.165) is 28.4 Å². The Bertz CT molecular complexity index is 697. The molecule has 2 aromatic rings. The van der Waals surface area contributed by atoms with E-state index in [2.05, 4.69) is 5.32 Å². The van der Waals surface area contributed by atoms with E-state index in [1.54, 1.807) is 14.0 Å². The maximum Gasteiger partial charge on any atom is 0.260 e. The van der Waals surface area contributed by atoms with Gasteiger partial charge < -0.3 is 19.5 Å². The molecular weight excluding hydrogens is 318 g/mol. The minimum atomic E-state index is -0.567. The van der Waals surface area contributed by atoms with Gasteiger partial charge in [0.25, 0.3) is 5.91 Å². The molecule has 0 bridgehead atoms. The number of carbonyl (C=O) groups is 1. The van der Waals surface area contributed by atoms with Crippen molar-refractivity contribution in [3.05, 3.63) is 53.6 Å². The minimum absolute atomic E-state index is 0.168. The molecule has 1 atom stereocenters. The van der Waals surface area contributed by atoms with Crippen molar-refractivity contribution in [3.8, 4) is 17.2 Å². The van der Waals surface area contributed by atoms with Gasteiger partial charge in [-0.3, -0.25) is 4.79 Å². The number of hydrogen-bond acceptors (Lipinski definition) is 4. The molecule has 0 heterocycles. The second kappa shape index (κ2) is 8.97. The summed E-state index contributed by atoms with van der Waals surface area (Å²) >= 11 is 0. The van der Waals surface area contributed by atoms with Gasteiger partial charge in [-0.25, -0.2) is 0 Å². The predicted octanol–water partition coefficient (Wildman–Crippen LogP) is 3.27. The van der Waals surface area contributed by atoms with Crippen LogP contribution in [0.15, 0.2) is 42.5 Å². The summed E-state index contributed by atoms with van der Waals surface area (Å²) < 4.78 is 16.4. The Hall–Kier alpha value is -2.69. The smallest absolute Gasteiger partial charge is 0.260 e. The van der Waals surface area contributed by atoms with Crippen LogP contribution >= 0.6 is 0 Å². The normalized spacial score (nSPS) is 11.5. The Morgan fingerprint density at radius 1 is 1.08 bits per heavy atom. The van der Waals surface area contributed by atoms with E-state index in [1.165, 1.54) is 0 Å². The van der Waals surface area contributed by atoms with Gasteiger partial charge in [0, 0.05) is 0 Å². The minimum Gasteiger partial charge on any atom is -0.497 e. The summed E-state index contributed by atoms with van der Waals surface area (Å²) in [6.07, 6.45) is -0.567. The van der Waals surface area contributed by atoms with Crippen molar-refractivity contribution < 1.29 is 19.0 Å². The molecule has 0 unspecified atom stereocenters. The standard InChI is InChI=1S/C20H25NO4/c1-14-5-10-19(15(2)13-14)25-16(3)20(22)21-11-12-24-18-8-6-17(23-4)7-9-18/h5-10,13,16H,11-12H2,1-4H3,(H,21,22)/t16-/m1/s1. The van der Waals surface area contributed by atoms with Crippen molar-refractivity contribution >= 4 is 5.91 Å². The molecule has 1 N–H and O–H groups in total. The molecule has 0 fully saturated rings. The van der Waals surface area contributed by atoms with Crippen LogP contribution in [-0.4, -0.2) is 32.3 Å². The molecule has 0 spiro atoms. The number of ether oxygens (including phenoxy) is 3. The number of nitrogens with one attached hydrogen (secondary N) is 1. The lowest BCUT2D eigenvalue weighted by Crippen LogP contribution is -2.38. The second-order valence-corrected chi connectivity index (χ2v) is 5.84. The van der Waals surface area contributed by atoms with Crippen LogP contribution < -0.4 is 19.5 Å². The Morgan fingerprint density at radius 2 is 1.76 bits per heavy atom. The highest BCUT2D eigenvalue weighted by atomic mass is 16.5. The van der Waals surface area contributed by atoms with Crippen molar-refractivity contribution in [1.82, 2.24) is 5.32 Å². The second-order valence-electron chi connectivity index (χ2n) is 5.84. The molecule has 0 aromatic heterocycles. The molecule has 0 radical (unpaired) electrons. The zero-order valence-corrected chi connectivity index (χ0v) is 15.2. The number of rotatable bonds is 8. The Kier molecular flexibility index (Phi) is 6.69. The van der Waals surface area contributed by atoms with Gasteiger partial charge in [-0.1, -0.05) is 17.7 Å². The predicted molar refractivity (Wildman–Crippen MR) is 97.5 cm³/mol. The summed E-state index contributed by atoms with van der Waals surface area (Å²) in [6, 6.07) is 13.2. The van der Waals surface area contributed by atoms with Gasteiger partial charge >= 0.3 is 0 Å². The van der Waals surface area contributed by atoms with Crippen LogP contribution in [-0.2, 0) is 4.79 Å². The van der Waals surface area contributed by atoms with Crippen LogP contribution in [0.5, 0.6) is 17.2 Å². The van der Waals surface area contributed by atoms with Crippen molar-refractivity contribution in [1.29, 1.82) is 0 Å². The zero-order valence-electron chi connectivity index (χ0n) is 15.2. The molecule has 2 aromatic carbocycles. The number of benzene rings is 2. The Labute approximate surface area is 148 Å². The van der Waals surface area contributed by atoms with Crippen LogP contribution in [0.3, 0.4) is 0 Å². The fourth-order valence-corrected chi connectivity index (χ4v) is 2.33. The van der Waals surface area contributed by atoms with Gasteiger partial charge in [0.05, 0.1) is 13.7 Å². The van der Waals surface area contributed by atoms with Crippen molar-refractivity contribution in [2.45, 2.75) is 26.9 Å². The molecule has 0 saturated heterocycles. The summed E-state index contributed by atoms with van der Waals surface area (Å²) in [6.45, 7) is 6.52. The Balaban J connectivity index is 1.73. The number of aryl methyl sites for hydroxylation is 2. The van der Waals surface area contributed by atoms with Gasteiger partial charge in [-0.15, -0.1) is 0 Å². The van der Waals surface area contributed by atoms with E-state index < -0.39 is 6.10 Å². The van der Waals surface area contributed by atoms with E-state index in [0.29, 0.717) is 13.2 Å². The molecule has 5 nitrogen and oxygen atoms in total. The first-order valence-corrected chi connectivity index (χ1v) is 8.28. The summed E-state index contributed by atoms with van der Waals surface area (Å²) in [5.74, 6) is 2.06. The van der Waals surface area contributed by atoms with E-state index >= 15 is 0 Å². The highest BCUT2D eigenvalue weighted by molar-refractivity contribution is 5.80.